The molecule has 1 aliphatic heterocycles. The minimum Gasteiger partial charge on any atom is -0.357 e. The number of benzene rings is 1. The van der Waals surface area contributed by atoms with Gasteiger partial charge in [-0.1, -0.05) is 32.9 Å². The predicted molar refractivity (Wildman–Crippen MR) is 125 cm³/mol. The molecule has 2 aromatic rings. The van der Waals surface area contributed by atoms with Gasteiger partial charge in [-0.25, -0.2) is 9.98 Å². The van der Waals surface area contributed by atoms with Crippen molar-refractivity contribution in [3.63, 3.8) is 0 Å². The molecule has 30 heavy (non-hydrogen) atoms. The number of aromatic nitrogens is 1. The van der Waals surface area contributed by atoms with Crippen LogP contribution in [0.5, 0.6) is 0 Å². The minimum absolute atomic E-state index is 0.0934. The van der Waals surface area contributed by atoms with E-state index in [0.29, 0.717) is 13.0 Å². The van der Waals surface area contributed by atoms with Crippen LogP contribution in [0.15, 0.2) is 34.6 Å². The number of nitrogens with zero attached hydrogens (tertiary/aromatic N) is 3. The quantitative estimate of drug-likeness (QED) is 0.520. The maximum atomic E-state index is 11.9. The Balaban J connectivity index is 1.52. The Labute approximate surface area is 183 Å². The third kappa shape index (κ3) is 6.05. The van der Waals surface area contributed by atoms with Gasteiger partial charge in [-0.05, 0) is 31.0 Å². The summed E-state index contributed by atoms with van der Waals surface area (Å²) in [6, 6.07) is 8.14. The van der Waals surface area contributed by atoms with Crippen LogP contribution in [-0.4, -0.2) is 36.5 Å². The first kappa shape index (κ1) is 22.3. The number of anilines is 1. The lowest BCUT2D eigenvalue weighted by molar-refractivity contribution is -0.117. The van der Waals surface area contributed by atoms with E-state index in [1.54, 1.807) is 11.3 Å². The Morgan fingerprint density at radius 2 is 2.00 bits per heavy atom. The second-order valence-electron chi connectivity index (χ2n) is 8.56. The molecule has 1 aromatic carbocycles. The van der Waals surface area contributed by atoms with E-state index in [-0.39, 0.29) is 11.3 Å². The molecule has 0 spiro atoms. The van der Waals surface area contributed by atoms with Gasteiger partial charge < -0.3 is 15.5 Å². The van der Waals surface area contributed by atoms with Gasteiger partial charge in [-0.3, -0.25) is 4.79 Å². The van der Waals surface area contributed by atoms with Gasteiger partial charge in [-0.15, -0.1) is 11.3 Å². The van der Waals surface area contributed by atoms with E-state index in [1.807, 2.05) is 17.0 Å². The number of carbonyl (C=O) groups excluding carboxylic acids is 1. The van der Waals surface area contributed by atoms with E-state index in [9.17, 15) is 4.79 Å². The first-order valence-corrected chi connectivity index (χ1v) is 11.6. The molecule has 2 heterocycles. The monoisotopic (exact) mass is 427 g/mol. The SMILES string of the molecule is CCNC(=NCc1ccc(N2CCCC2=O)cc1)NCCc1nc(C(C)(C)C)cs1. The normalized spacial score (nSPS) is 15.0. The summed E-state index contributed by atoms with van der Waals surface area (Å²) in [5.74, 6) is 1.03. The summed E-state index contributed by atoms with van der Waals surface area (Å²) in [6.45, 7) is 11.7. The third-order valence-electron chi connectivity index (χ3n) is 5.04. The van der Waals surface area contributed by atoms with Gasteiger partial charge in [0, 0.05) is 49.0 Å². The van der Waals surface area contributed by atoms with Crippen molar-refractivity contribution in [2.75, 3.05) is 24.5 Å². The topological polar surface area (TPSA) is 69.6 Å². The largest absolute Gasteiger partial charge is 0.357 e. The van der Waals surface area contributed by atoms with Gasteiger partial charge in [0.15, 0.2) is 5.96 Å². The van der Waals surface area contributed by atoms with Crippen LogP contribution in [0.25, 0.3) is 0 Å². The van der Waals surface area contributed by atoms with E-state index >= 15 is 0 Å². The summed E-state index contributed by atoms with van der Waals surface area (Å²) in [4.78, 5) is 23.2. The summed E-state index contributed by atoms with van der Waals surface area (Å²) in [7, 11) is 0. The number of rotatable bonds is 7. The van der Waals surface area contributed by atoms with E-state index in [4.69, 9.17) is 9.98 Å². The summed E-state index contributed by atoms with van der Waals surface area (Å²) in [5.41, 5.74) is 3.35. The van der Waals surface area contributed by atoms with Gasteiger partial charge >= 0.3 is 0 Å². The molecule has 1 amide bonds. The number of guanidine groups is 1. The van der Waals surface area contributed by atoms with Crippen LogP contribution >= 0.6 is 11.3 Å². The fourth-order valence-electron chi connectivity index (χ4n) is 3.27. The van der Waals surface area contributed by atoms with Crippen molar-refractivity contribution in [2.45, 2.75) is 58.9 Å². The van der Waals surface area contributed by atoms with Crippen LogP contribution in [0.1, 0.15) is 56.8 Å². The molecule has 1 aromatic heterocycles. The van der Waals surface area contributed by atoms with Crippen molar-refractivity contribution in [1.82, 2.24) is 15.6 Å². The van der Waals surface area contributed by atoms with Crippen molar-refractivity contribution in [1.29, 1.82) is 0 Å². The molecule has 1 saturated heterocycles. The van der Waals surface area contributed by atoms with Gasteiger partial charge in [0.05, 0.1) is 17.2 Å². The Bertz CT molecular complexity index is 866. The van der Waals surface area contributed by atoms with Crippen molar-refractivity contribution in [2.24, 2.45) is 4.99 Å². The van der Waals surface area contributed by atoms with Gasteiger partial charge in [0.1, 0.15) is 0 Å². The number of amides is 1. The van der Waals surface area contributed by atoms with Crippen molar-refractivity contribution in [3.8, 4) is 0 Å². The first-order valence-electron chi connectivity index (χ1n) is 10.7. The lowest BCUT2D eigenvalue weighted by Gasteiger charge is -2.16. The van der Waals surface area contributed by atoms with Crippen LogP contribution in [-0.2, 0) is 23.2 Å². The second-order valence-corrected chi connectivity index (χ2v) is 9.51. The van der Waals surface area contributed by atoms with Gasteiger partial charge in [0.25, 0.3) is 0 Å². The van der Waals surface area contributed by atoms with Crippen molar-refractivity contribution in [3.05, 3.63) is 45.9 Å². The summed E-state index contributed by atoms with van der Waals surface area (Å²) in [5, 5.41) is 10.0. The highest BCUT2D eigenvalue weighted by Gasteiger charge is 2.21. The molecule has 0 bridgehead atoms. The zero-order chi connectivity index (χ0) is 21.6. The van der Waals surface area contributed by atoms with Crippen LogP contribution < -0.4 is 15.5 Å². The van der Waals surface area contributed by atoms with Gasteiger partial charge in [0.2, 0.25) is 5.91 Å². The smallest absolute Gasteiger partial charge is 0.227 e. The van der Waals surface area contributed by atoms with E-state index in [2.05, 4.69) is 55.8 Å². The molecule has 6 nitrogen and oxygen atoms in total. The predicted octanol–water partition coefficient (Wildman–Crippen LogP) is 3.87. The molecular formula is C23H33N5OS. The highest BCUT2D eigenvalue weighted by Crippen LogP contribution is 2.24. The van der Waals surface area contributed by atoms with Crippen LogP contribution in [0.4, 0.5) is 5.69 Å². The average Bonchev–Trinajstić information content (AvgIpc) is 3.35. The van der Waals surface area contributed by atoms with E-state index in [1.165, 1.54) is 0 Å². The van der Waals surface area contributed by atoms with Gasteiger partial charge in [-0.2, -0.15) is 0 Å². The molecule has 0 saturated carbocycles. The zero-order valence-electron chi connectivity index (χ0n) is 18.5. The summed E-state index contributed by atoms with van der Waals surface area (Å²) >= 11 is 1.72. The lowest BCUT2D eigenvalue weighted by atomic mass is 9.93. The standard InChI is InChI=1S/C23H33N5OS/c1-5-24-22(25-13-12-20-27-19(16-30-20)23(2,3)4)26-15-17-8-10-18(11-9-17)28-14-6-7-21(28)29/h8-11,16H,5-7,12-15H2,1-4H3,(H2,24,25,26). The fraction of sp³-hybridized carbons (Fsp3) is 0.522. The molecule has 162 valence electrons. The van der Waals surface area contributed by atoms with Crippen molar-refractivity contribution >= 4 is 28.9 Å². The zero-order valence-corrected chi connectivity index (χ0v) is 19.3. The highest BCUT2D eigenvalue weighted by molar-refractivity contribution is 7.09. The Hall–Kier alpha value is -2.41. The Morgan fingerprint density at radius 1 is 1.23 bits per heavy atom. The summed E-state index contributed by atoms with van der Waals surface area (Å²) < 4.78 is 0. The molecular weight excluding hydrogens is 394 g/mol. The number of hydrogen-bond acceptors (Lipinski definition) is 4. The number of carbonyl (C=O) groups is 1. The number of nitrogens with one attached hydrogen (secondary N) is 2. The highest BCUT2D eigenvalue weighted by atomic mass is 32.1. The second kappa shape index (κ2) is 10.1. The van der Waals surface area contributed by atoms with Crippen LogP contribution in [0.2, 0.25) is 0 Å². The molecule has 7 heteroatoms. The molecule has 0 atom stereocenters. The molecule has 1 fully saturated rings. The molecule has 0 unspecified atom stereocenters. The van der Waals surface area contributed by atoms with Crippen molar-refractivity contribution < 1.29 is 4.79 Å². The first-order chi connectivity index (χ1) is 14.4. The third-order valence-corrected chi connectivity index (χ3v) is 5.95. The maximum Gasteiger partial charge on any atom is 0.227 e. The Morgan fingerprint density at radius 3 is 2.60 bits per heavy atom. The fourth-order valence-corrected chi connectivity index (χ4v) is 4.30. The van der Waals surface area contributed by atoms with E-state index in [0.717, 1.165) is 60.4 Å². The average molecular weight is 428 g/mol. The Kier molecular flexibility index (Phi) is 7.48. The molecule has 2 N–H and O–H groups in total. The number of aliphatic imine (C=N–C) groups is 1. The molecule has 3 rings (SSSR count). The summed E-state index contributed by atoms with van der Waals surface area (Å²) in [6.07, 6.45) is 2.48. The minimum atomic E-state index is 0.0934. The molecule has 0 aliphatic carbocycles. The number of hydrogen-bond donors (Lipinski definition) is 2. The van der Waals surface area contributed by atoms with Crippen LogP contribution in [0, 0.1) is 0 Å². The van der Waals surface area contributed by atoms with E-state index < -0.39 is 0 Å². The van der Waals surface area contributed by atoms with Crippen LogP contribution in [0.3, 0.4) is 0 Å². The molecule has 0 radical (unpaired) electrons. The lowest BCUT2D eigenvalue weighted by Crippen LogP contribution is -2.38. The molecule has 1 aliphatic rings. The maximum absolute atomic E-state index is 11.9. The number of thiazole rings is 1.